The van der Waals surface area contributed by atoms with Crippen LogP contribution in [0.25, 0.3) is 0 Å². The molecular formula is C29H31NO7. The number of ether oxygens (including phenoxy) is 2. The Morgan fingerprint density at radius 2 is 1.59 bits per heavy atom. The maximum atomic E-state index is 13.8. The highest BCUT2D eigenvalue weighted by atomic mass is 16.5. The first kappa shape index (κ1) is 25.0. The average Bonchev–Trinajstić information content (AvgIpc) is 3.11. The molecule has 1 heterocycles. The second-order valence-electron chi connectivity index (χ2n) is 11.2. The maximum Gasteiger partial charge on any atom is 0.234 e. The zero-order valence-electron chi connectivity index (χ0n) is 21.9. The number of nitrogens with zero attached hydrogens (tertiary/aromatic N) is 1. The Hall–Kier alpha value is -3.68. The highest BCUT2D eigenvalue weighted by molar-refractivity contribution is 6.24. The smallest absolute Gasteiger partial charge is 0.234 e. The van der Waals surface area contributed by atoms with Crippen molar-refractivity contribution in [1.29, 1.82) is 0 Å². The summed E-state index contributed by atoms with van der Waals surface area (Å²) in [4.78, 5) is 55.4. The largest absolute Gasteiger partial charge is 0.508 e. The van der Waals surface area contributed by atoms with Crippen molar-refractivity contribution in [2.45, 2.75) is 52.0 Å². The maximum absolute atomic E-state index is 13.8. The number of Topliss-reactive ketones (excluding diaryl/α,β-unsaturated/α-hetero) is 1. The molecule has 0 bridgehead atoms. The Labute approximate surface area is 215 Å². The van der Waals surface area contributed by atoms with E-state index in [1.165, 1.54) is 37.3 Å². The van der Waals surface area contributed by atoms with E-state index in [0.29, 0.717) is 40.2 Å². The van der Waals surface area contributed by atoms with Gasteiger partial charge >= 0.3 is 0 Å². The molecule has 37 heavy (non-hydrogen) atoms. The van der Waals surface area contributed by atoms with Crippen LogP contribution in [-0.2, 0) is 19.2 Å². The van der Waals surface area contributed by atoms with E-state index in [9.17, 15) is 24.3 Å². The van der Waals surface area contributed by atoms with Crippen LogP contribution in [0, 0.1) is 17.8 Å². The van der Waals surface area contributed by atoms with Crippen LogP contribution in [0.2, 0.25) is 0 Å². The van der Waals surface area contributed by atoms with E-state index in [2.05, 4.69) is 0 Å². The third-order valence-electron chi connectivity index (χ3n) is 8.05. The normalized spacial score (nSPS) is 27.5. The molecule has 1 aromatic carbocycles. The minimum atomic E-state index is -0.730. The average molecular weight is 506 g/mol. The molecule has 0 radical (unpaired) electrons. The number of phenols is 1. The van der Waals surface area contributed by atoms with Gasteiger partial charge in [-0.2, -0.15) is 0 Å². The second kappa shape index (κ2) is 8.43. The van der Waals surface area contributed by atoms with Gasteiger partial charge in [0.05, 0.1) is 26.1 Å². The van der Waals surface area contributed by atoms with Crippen molar-refractivity contribution in [2.24, 2.45) is 17.8 Å². The van der Waals surface area contributed by atoms with Gasteiger partial charge in [-0.1, -0.05) is 11.6 Å². The first-order valence-corrected chi connectivity index (χ1v) is 12.4. The van der Waals surface area contributed by atoms with E-state index in [-0.39, 0.29) is 35.6 Å². The van der Waals surface area contributed by atoms with Crippen LogP contribution < -0.4 is 9.47 Å². The molecule has 1 aromatic rings. The number of carbonyl (C=O) groups excluding carboxylic acids is 4. The summed E-state index contributed by atoms with van der Waals surface area (Å²) in [7, 11) is 2.91. The fourth-order valence-corrected chi connectivity index (χ4v) is 6.56. The van der Waals surface area contributed by atoms with Crippen LogP contribution >= 0.6 is 0 Å². The lowest BCUT2D eigenvalue weighted by molar-refractivity contribution is -0.145. The van der Waals surface area contributed by atoms with E-state index in [1.54, 1.807) is 6.92 Å². The van der Waals surface area contributed by atoms with Crippen LogP contribution in [0.4, 0.5) is 0 Å². The van der Waals surface area contributed by atoms with Crippen molar-refractivity contribution >= 4 is 23.4 Å². The molecule has 8 heteroatoms. The van der Waals surface area contributed by atoms with Gasteiger partial charge in [-0.3, -0.25) is 24.1 Å². The zero-order valence-corrected chi connectivity index (χ0v) is 21.9. The predicted molar refractivity (Wildman–Crippen MR) is 134 cm³/mol. The quantitative estimate of drug-likeness (QED) is 0.379. The molecule has 1 fully saturated rings. The summed E-state index contributed by atoms with van der Waals surface area (Å²) in [6.45, 7) is 7.12. The molecule has 1 aliphatic heterocycles. The summed E-state index contributed by atoms with van der Waals surface area (Å²) in [5.41, 5.74) is 1.67. The molecule has 0 spiro atoms. The van der Waals surface area contributed by atoms with E-state index in [0.717, 1.165) is 5.57 Å². The number of benzene rings is 1. The van der Waals surface area contributed by atoms with E-state index in [1.807, 2.05) is 26.8 Å². The fourth-order valence-electron chi connectivity index (χ4n) is 6.56. The Bertz CT molecular complexity index is 1330. The molecule has 1 N–H and O–H groups in total. The van der Waals surface area contributed by atoms with Crippen LogP contribution in [0.5, 0.6) is 17.2 Å². The number of amides is 2. The lowest BCUT2D eigenvalue weighted by Gasteiger charge is -2.42. The van der Waals surface area contributed by atoms with E-state index >= 15 is 0 Å². The SMILES string of the molecule is COc1cc(O)cc(OC)c1C1C2=CCC3C(=O)N(C(C)(C)C)C(=O)C3C2CC2=C1C(=O)C(C)=CC2=O. The summed E-state index contributed by atoms with van der Waals surface area (Å²) in [6, 6.07) is 2.88. The van der Waals surface area contributed by atoms with Gasteiger partial charge in [0.1, 0.15) is 17.2 Å². The summed E-state index contributed by atoms with van der Waals surface area (Å²) in [6.07, 6.45) is 3.86. The van der Waals surface area contributed by atoms with Gasteiger partial charge in [-0.05, 0) is 52.5 Å². The lowest BCUT2D eigenvalue weighted by atomic mass is 9.59. The van der Waals surface area contributed by atoms with Crippen LogP contribution in [0.3, 0.4) is 0 Å². The van der Waals surface area contributed by atoms with Crippen molar-refractivity contribution in [2.75, 3.05) is 14.2 Å². The zero-order chi connectivity index (χ0) is 27.0. The van der Waals surface area contributed by atoms with Crippen molar-refractivity contribution < 1.29 is 33.8 Å². The third-order valence-corrected chi connectivity index (χ3v) is 8.05. The van der Waals surface area contributed by atoms with Gasteiger partial charge < -0.3 is 14.6 Å². The number of rotatable bonds is 3. The van der Waals surface area contributed by atoms with Crippen molar-refractivity contribution in [3.05, 3.63) is 52.1 Å². The highest BCUT2D eigenvalue weighted by Gasteiger charge is 2.58. The van der Waals surface area contributed by atoms with Crippen LogP contribution in [0.15, 0.2) is 46.6 Å². The molecular weight excluding hydrogens is 474 g/mol. The first-order chi connectivity index (χ1) is 17.4. The van der Waals surface area contributed by atoms with E-state index < -0.39 is 29.2 Å². The number of hydrogen-bond acceptors (Lipinski definition) is 7. The van der Waals surface area contributed by atoms with Crippen molar-refractivity contribution in [3.8, 4) is 17.2 Å². The topological polar surface area (TPSA) is 110 Å². The standard InChI is InChI=1S/C29H31NO7/c1-13-9-19(32)18-12-17-15(7-8-16-22(17)28(35)30(27(16)34)29(2,3)4)23(24(18)26(13)33)25-20(36-5)10-14(31)11-21(25)37-6/h7,9-11,16-17,22-23,31H,8,12H2,1-6H3. The molecule has 5 rings (SSSR count). The summed E-state index contributed by atoms with van der Waals surface area (Å²) in [5, 5.41) is 10.3. The summed E-state index contributed by atoms with van der Waals surface area (Å²) >= 11 is 0. The minimum absolute atomic E-state index is 0.0730. The number of ketones is 2. The number of methoxy groups -OCH3 is 2. The Morgan fingerprint density at radius 3 is 2.16 bits per heavy atom. The van der Waals surface area contributed by atoms with E-state index in [4.69, 9.17) is 9.47 Å². The monoisotopic (exact) mass is 505 g/mol. The number of allylic oxidation sites excluding steroid dienone is 6. The van der Waals surface area contributed by atoms with Gasteiger partial charge in [0.15, 0.2) is 11.6 Å². The molecule has 194 valence electrons. The Morgan fingerprint density at radius 1 is 0.973 bits per heavy atom. The predicted octanol–water partition coefficient (Wildman–Crippen LogP) is 3.64. The molecule has 4 unspecified atom stereocenters. The lowest BCUT2D eigenvalue weighted by Crippen LogP contribution is -2.46. The molecule has 0 aromatic heterocycles. The molecule has 8 nitrogen and oxygen atoms in total. The van der Waals surface area contributed by atoms with Crippen molar-refractivity contribution in [3.63, 3.8) is 0 Å². The van der Waals surface area contributed by atoms with Gasteiger partial charge in [0.2, 0.25) is 11.8 Å². The molecule has 1 saturated heterocycles. The summed E-state index contributed by atoms with van der Waals surface area (Å²) < 4.78 is 11.3. The molecule has 4 atom stereocenters. The van der Waals surface area contributed by atoms with Gasteiger partial charge in [0, 0.05) is 45.9 Å². The number of fused-ring (bicyclic) bond motifs is 3. The minimum Gasteiger partial charge on any atom is -0.508 e. The molecule has 4 aliphatic rings. The van der Waals surface area contributed by atoms with Gasteiger partial charge in [0.25, 0.3) is 0 Å². The number of imide groups is 1. The number of hydrogen-bond donors (Lipinski definition) is 1. The number of carbonyl (C=O) groups is 4. The van der Waals surface area contributed by atoms with Gasteiger partial charge in [-0.25, -0.2) is 0 Å². The first-order valence-electron chi connectivity index (χ1n) is 12.4. The number of aromatic hydroxyl groups is 1. The summed E-state index contributed by atoms with van der Waals surface area (Å²) in [5.74, 6) is -2.75. The highest BCUT2D eigenvalue weighted by Crippen LogP contribution is 2.58. The molecule has 3 aliphatic carbocycles. The number of likely N-dealkylation sites (tertiary alicyclic amines) is 1. The van der Waals surface area contributed by atoms with Crippen LogP contribution in [-0.4, -0.2) is 53.1 Å². The Balaban J connectivity index is 1.76. The number of phenolic OH excluding ortho intramolecular Hbond substituents is 1. The Kier molecular flexibility index (Phi) is 5.69. The second-order valence-corrected chi connectivity index (χ2v) is 11.2. The van der Waals surface area contributed by atoms with Crippen molar-refractivity contribution in [1.82, 2.24) is 4.90 Å². The van der Waals surface area contributed by atoms with Gasteiger partial charge in [-0.15, -0.1) is 0 Å². The third kappa shape index (κ3) is 3.56. The van der Waals surface area contributed by atoms with Crippen LogP contribution in [0.1, 0.15) is 52.0 Å². The molecule has 2 amide bonds. The fraction of sp³-hybridized carbons (Fsp3) is 0.448. The molecule has 0 saturated carbocycles.